The number of nitrogens with one attached hydrogen (secondary N) is 1. The summed E-state index contributed by atoms with van der Waals surface area (Å²) in [7, 11) is 0. The number of hydrogen-bond acceptors (Lipinski definition) is 3. The van der Waals surface area contributed by atoms with Crippen LogP contribution >= 0.6 is 23.4 Å². The summed E-state index contributed by atoms with van der Waals surface area (Å²) in [5.74, 6) is -1.41. The fourth-order valence-electron chi connectivity index (χ4n) is 3.74. The third-order valence-corrected chi connectivity index (χ3v) is 6.83. The average Bonchev–Trinajstić information content (AvgIpc) is 2.84. The molecule has 36 heavy (non-hydrogen) atoms. The van der Waals surface area contributed by atoms with E-state index in [-0.39, 0.29) is 47.4 Å². The molecule has 3 aromatic rings. The Bertz CT molecular complexity index is 1160. The number of thioether (sulfide) groups is 1. The summed E-state index contributed by atoms with van der Waals surface area (Å²) in [5, 5.41) is 3.18. The van der Waals surface area contributed by atoms with E-state index in [9.17, 15) is 18.4 Å². The molecule has 8 heteroatoms. The predicted octanol–water partition coefficient (Wildman–Crippen LogP) is 6.02. The van der Waals surface area contributed by atoms with Crippen LogP contribution in [0.5, 0.6) is 0 Å². The molecule has 0 heterocycles. The average molecular weight is 531 g/mol. The van der Waals surface area contributed by atoms with Gasteiger partial charge >= 0.3 is 0 Å². The monoisotopic (exact) mass is 530 g/mol. The van der Waals surface area contributed by atoms with Crippen molar-refractivity contribution in [2.45, 2.75) is 44.6 Å². The van der Waals surface area contributed by atoms with Crippen LogP contribution in [0.15, 0.2) is 72.8 Å². The van der Waals surface area contributed by atoms with Gasteiger partial charge in [0, 0.05) is 40.9 Å². The molecular formula is C28H29ClF2N2O2S. The molecule has 0 saturated carbocycles. The molecule has 2 amide bonds. The lowest BCUT2D eigenvalue weighted by atomic mass is 10.0. The first-order valence-corrected chi connectivity index (χ1v) is 13.2. The summed E-state index contributed by atoms with van der Waals surface area (Å²) in [6.07, 6.45) is 0.267. The number of rotatable bonds is 11. The number of hydrogen-bond donors (Lipinski definition) is 1. The zero-order valence-electron chi connectivity index (χ0n) is 20.2. The Morgan fingerprint density at radius 2 is 1.61 bits per heavy atom. The molecule has 0 aliphatic carbocycles. The van der Waals surface area contributed by atoms with Gasteiger partial charge in [0.1, 0.15) is 17.7 Å². The second-order valence-corrected chi connectivity index (χ2v) is 10.1. The van der Waals surface area contributed by atoms with Crippen molar-refractivity contribution in [3.8, 4) is 0 Å². The number of benzene rings is 3. The molecule has 0 aromatic heterocycles. The van der Waals surface area contributed by atoms with Gasteiger partial charge in [0.15, 0.2) is 0 Å². The van der Waals surface area contributed by atoms with E-state index in [2.05, 4.69) is 5.32 Å². The highest BCUT2D eigenvalue weighted by Gasteiger charge is 2.31. The fourth-order valence-corrected chi connectivity index (χ4v) is 4.99. The van der Waals surface area contributed by atoms with Gasteiger partial charge in [-0.05, 0) is 37.6 Å². The first kappa shape index (κ1) is 27.7. The number of amides is 2. The highest BCUT2D eigenvalue weighted by molar-refractivity contribution is 7.99. The number of carbonyl (C=O) groups excluding carboxylic acids is 2. The summed E-state index contributed by atoms with van der Waals surface area (Å²) < 4.78 is 28.8. The lowest BCUT2D eigenvalue weighted by molar-refractivity contribution is -0.139. The van der Waals surface area contributed by atoms with E-state index in [1.165, 1.54) is 34.9 Å². The van der Waals surface area contributed by atoms with Crippen molar-refractivity contribution in [2.75, 3.05) is 5.75 Å². The Hall–Kier alpha value is -2.90. The van der Waals surface area contributed by atoms with Crippen LogP contribution in [0, 0.1) is 11.6 Å². The van der Waals surface area contributed by atoms with E-state index in [0.717, 1.165) is 5.56 Å². The van der Waals surface area contributed by atoms with E-state index in [1.54, 1.807) is 24.3 Å². The topological polar surface area (TPSA) is 49.4 Å². The Morgan fingerprint density at radius 1 is 0.944 bits per heavy atom. The van der Waals surface area contributed by atoms with E-state index in [1.807, 2.05) is 44.2 Å². The van der Waals surface area contributed by atoms with Crippen molar-refractivity contribution in [1.29, 1.82) is 0 Å². The minimum atomic E-state index is -0.862. The molecule has 0 saturated heterocycles. The summed E-state index contributed by atoms with van der Waals surface area (Å²) in [5.41, 5.74) is 1.50. The van der Waals surface area contributed by atoms with Crippen molar-refractivity contribution >= 4 is 35.2 Å². The van der Waals surface area contributed by atoms with Crippen LogP contribution in [0.4, 0.5) is 8.78 Å². The molecule has 0 aliphatic rings. The Morgan fingerprint density at radius 3 is 2.28 bits per heavy atom. The molecule has 0 bridgehead atoms. The molecule has 0 radical (unpaired) electrons. The molecule has 1 N–H and O–H groups in total. The second kappa shape index (κ2) is 13.4. The van der Waals surface area contributed by atoms with Crippen LogP contribution < -0.4 is 5.32 Å². The first-order valence-electron chi connectivity index (χ1n) is 11.6. The summed E-state index contributed by atoms with van der Waals surface area (Å²) in [6.45, 7) is 3.61. The predicted molar refractivity (Wildman–Crippen MR) is 142 cm³/mol. The maximum absolute atomic E-state index is 14.6. The van der Waals surface area contributed by atoms with Crippen molar-refractivity contribution in [3.63, 3.8) is 0 Å². The molecular weight excluding hydrogens is 502 g/mol. The minimum absolute atomic E-state index is 0.0284. The van der Waals surface area contributed by atoms with Gasteiger partial charge in [-0.3, -0.25) is 9.59 Å². The number of nitrogens with zero attached hydrogens (tertiary/aromatic N) is 1. The van der Waals surface area contributed by atoms with Gasteiger partial charge in [-0.15, -0.1) is 11.8 Å². The summed E-state index contributed by atoms with van der Waals surface area (Å²) >= 11 is 7.31. The molecule has 3 rings (SSSR count). The van der Waals surface area contributed by atoms with Crippen molar-refractivity contribution in [2.24, 2.45) is 0 Å². The SMILES string of the molecule is CC(C)NC(=O)[C@H](Cc1ccccc1)N(Cc1ccccc1F)C(=O)CSCc1c(F)cccc1Cl. The molecule has 190 valence electrons. The third-order valence-electron chi connectivity index (χ3n) is 5.53. The van der Waals surface area contributed by atoms with Crippen molar-refractivity contribution in [1.82, 2.24) is 10.2 Å². The molecule has 0 fully saturated rings. The van der Waals surface area contributed by atoms with Gasteiger partial charge in [0.25, 0.3) is 0 Å². The van der Waals surface area contributed by atoms with Crippen molar-refractivity contribution in [3.05, 3.63) is 106 Å². The second-order valence-electron chi connectivity index (χ2n) is 8.67. The van der Waals surface area contributed by atoms with Crippen LogP contribution in [0.1, 0.15) is 30.5 Å². The number of carbonyl (C=O) groups is 2. The van der Waals surface area contributed by atoms with Crippen LogP contribution in [-0.4, -0.2) is 34.6 Å². The minimum Gasteiger partial charge on any atom is -0.352 e. The normalized spacial score (nSPS) is 11.8. The first-order chi connectivity index (χ1) is 17.3. The molecule has 3 aromatic carbocycles. The standard InChI is InChI=1S/C28H29ClF2N2O2S/c1-19(2)32-28(35)26(15-20-9-4-3-5-10-20)33(16-21-11-6-7-13-24(21)30)27(34)18-36-17-22-23(29)12-8-14-25(22)31/h3-14,19,26H,15-18H2,1-2H3,(H,32,35)/t26-/m0/s1. The highest BCUT2D eigenvalue weighted by atomic mass is 35.5. The fraction of sp³-hybridized carbons (Fsp3) is 0.286. The van der Waals surface area contributed by atoms with Gasteiger partial charge in [-0.1, -0.05) is 66.2 Å². The van der Waals surface area contributed by atoms with E-state index in [4.69, 9.17) is 11.6 Å². The number of halogens is 3. The molecule has 0 aliphatic heterocycles. The largest absolute Gasteiger partial charge is 0.352 e. The Labute approximate surface area is 220 Å². The smallest absolute Gasteiger partial charge is 0.243 e. The summed E-state index contributed by atoms with van der Waals surface area (Å²) in [4.78, 5) is 28.2. The van der Waals surface area contributed by atoms with Crippen LogP contribution in [0.25, 0.3) is 0 Å². The molecule has 4 nitrogen and oxygen atoms in total. The van der Waals surface area contributed by atoms with Gasteiger partial charge in [0.2, 0.25) is 11.8 Å². The molecule has 0 spiro atoms. The maximum atomic E-state index is 14.6. The zero-order chi connectivity index (χ0) is 26.1. The lowest BCUT2D eigenvalue weighted by Crippen LogP contribution is -2.52. The lowest BCUT2D eigenvalue weighted by Gasteiger charge is -2.32. The highest BCUT2D eigenvalue weighted by Crippen LogP contribution is 2.25. The van der Waals surface area contributed by atoms with Gasteiger partial charge < -0.3 is 10.2 Å². The van der Waals surface area contributed by atoms with Gasteiger partial charge in [0.05, 0.1) is 5.75 Å². The third kappa shape index (κ3) is 7.80. The van der Waals surface area contributed by atoms with Crippen LogP contribution in [-0.2, 0) is 28.3 Å². The van der Waals surface area contributed by atoms with Crippen LogP contribution in [0.2, 0.25) is 5.02 Å². The Balaban J connectivity index is 1.88. The Kier molecular flexibility index (Phi) is 10.3. The maximum Gasteiger partial charge on any atom is 0.243 e. The van der Waals surface area contributed by atoms with E-state index < -0.39 is 17.7 Å². The van der Waals surface area contributed by atoms with E-state index >= 15 is 0 Å². The molecule has 1 atom stereocenters. The van der Waals surface area contributed by atoms with Crippen LogP contribution in [0.3, 0.4) is 0 Å². The molecule has 0 unspecified atom stereocenters. The van der Waals surface area contributed by atoms with Gasteiger partial charge in [-0.2, -0.15) is 0 Å². The van der Waals surface area contributed by atoms with E-state index in [0.29, 0.717) is 11.1 Å². The van der Waals surface area contributed by atoms with Gasteiger partial charge in [-0.25, -0.2) is 8.78 Å². The summed E-state index contributed by atoms with van der Waals surface area (Å²) in [6, 6.07) is 19.0. The zero-order valence-corrected chi connectivity index (χ0v) is 21.8. The quantitative estimate of drug-likeness (QED) is 0.330. The van der Waals surface area contributed by atoms with Crippen molar-refractivity contribution < 1.29 is 18.4 Å².